The number of anilines is 1. The summed E-state index contributed by atoms with van der Waals surface area (Å²) in [5, 5.41) is 11.8. The lowest BCUT2D eigenvalue weighted by atomic mass is 9.87. The Bertz CT molecular complexity index is 480. The van der Waals surface area contributed by atoms with Crippen LogP contribution in [0.4, 0.5) is 5.69 Å². The fourth-order valence-corrected chi connectivity index (χ4v) is 2.33. The zero-order valence-corrected chi connectivity index (χ0v) is 9.75. The summed E-state index contributed by atoms with van der Waals surface area (Å²) < 4.78 is 0. The number of carbonyl (C=O) groups excluding carboxylic acids is 1. The van der Waals surface area contributed by atoms with Crippen LogP contribution in [0, 0.1) is 0 Å². The lowest BCUT2D eigenvalue weighted by Crippen LogP contribution is -2.13. The number of hydrogen-bond acceptors (Lipinski definition) is 2. The molecule has 0 unspecified atom stereocenters. The van der Waals surface area contributed by atoms with E-state index >= 15 is 0 Å². The lowest BCUT2D eigenvalue weighted by Gasteiger charge is -2.19. The third-order valence-electron chi connectivity index (χ3n) is 3.02. The summed E-state index contributed by atoms with van der Waals surface area (Å²) in [6.07, 6.45) is 3.82. The van der Waals surface area contributed by atoms with E-state index in [1.54, 1.807) is 6.07 Å². The molecule has 17 heavy (non-hydrogen) atoms. The van der Waals surface area contributed by atoms with Crippen molar-refractivity contribution in [3.8, 4) is 0 Å². The van der Waals surface area contributed by atoms with Gasteiger partial charge in [0.05, 0.1) is 5.56 Å². The fraction of sp³-hybridized carbons (Fsp3) is 0.385. The van der Waals surface area contributed by atoms with Gasteiger partial charge in [-0.2, -0.15) is 0 Å². The minimum absolute atomic E-state index is 0.183. The van der Waals surface area contributed by atoms with Gasteiger partial charge < -0.3 is 10.4 Å². The van der Waals surface area contributed by atoms with Crippen LogP contribution in [0.3, 0.4) is 0 Å². The maximum Gasteiger partial charge on any atom is 0.336 e. The third-order valence-corrected chi connectivity index (χ3v) is 3.02. The zero-order chi connectivity index (χ0) is 12.4. The lowest BCUT2D eigenvalue weighted by molar-refractivity contribution is -0.114. The van der Waals surface area contributed by atoms with Crippen LogP contribution in [-0.2, 0) is 17.6 Å². The summed E-state index contributed by atoms with van der Waals surface area (Å²) in [7, 11) is 0. The Hall–Kier alpha value is -1.84. The Morgan fingerprint density at radius 1 is 1.24 bits per heavy atom. The van der Waals surface area contributed by atoms with Crippen molar-refractivity contribution in [1.82, 2.24) is 0 Å². The Morgan fingerprint density at radius 3 is 2.59 bits per heavy atom. The van der Waals surface area contributed by atoms with Crippen molar-refractivity contribution in [2.75, 3.05) is 5.32 Å². The van der Waals surface area contributed by atoms with E-state index in [9.17, 15) is 14.7 Å². The van der Waals surface area contributed by atoms with E-state index in [1.165, 1.54) is 6.92 Å². The van der Waals surface area contributed by atoms with E-state index in [0.717, 1.165) is 36.8 Å². The number of aromatic carboxylic acids is 1. The number of rotatable bonds is 2. The van der Waals surface area contributed by atoms with Crippen molar-refractivity contribution in [1.29, 1.82) is 0 Å². The van der Waals surface area contributed by atoms with E-state index in [2.05, 4.69) is 5.32 Å². The van der Waals surface area contributed by atoms with Crippen LogP contribution in [0.5, 0.6) is 0 Å². The average molecular weight is 233 g/mol. The van der Waals surface area contributed by atoms with Crippen LogP contribution < -0.4 is 5.32 Å². The van der Waals surface area contributed by atoms with Crippen LogP contribution in [0.15, 0.2) is 12.1 Å². The quantitative estimate of drug-likeness (QED) is 0.823. The molecule has 0 saturated heterocycles. The second-order valence-corrected chi connectivity index (χ2v) is 4.35. The zero-order valence-electron chi connectivity index (χ0n) is 9.75. The largest absolute Gasteiger partial charge is 0.478 e. The van der Waals surface area contributed by atoms with Crippen molar-refractivity contribution in [2.45, 2.75) is 32.6 Å². The van der Waals surface area contributed by atoms with E-state index in [0.29, 0.717) is 11.3 Å². The Kier molecular flexibility index (Phi) is 3.13. The number of carboxylic acids is 1. The van der Waals surface area contributed by atoms with Crippen molar-refractivity contribution < 1.29 is 14.7 Å². The molecule has 2 N–H and O–H groups in total. The number of benzene rings is 1. The van der Waals surface area contributed by atoms with Gasteiger partial charge in [0.25, 0.3) is 0 Å². The number of hydrogen-bond donors (Lipinski definition) is 2. The van der Waals surface area contributed by atoms with E-state index < -0.39 is 5.97 Å². The summed E-state index contributed by atoms with van der Waals surface area (Å²) in [5.41, 5.74) is 2.89. The normalized spacial score (nSPS) is 13.9. The first-order valence-electron chi connectivity index (χ1n) is 5.74. The molecule has 0 spiro atoms. The van der Waals surface area contributed by atoms with Crippen molar-refractivity contribution in [3.05, 3.63) is 28.8 Å². The number of amides is 1. The van der Waals surface area contributed by atoms with Gasteiger partial charge in [0, 0.05) is 12.6 Å². The molecule has 0 fully saturated rings. The summed E-state index contributed by atoms with van der Waals surface area (Å²) in [6.45, 7) is 1.42. The maximum absolute atomic E-state index is 11.2. The van der Waals surface area contributed by atoms with Gasteiger partial charge in [0.2, 0.25) is 5.91 Å². The Balaban J connectivity index is 2.48. The number of nitrogens with one attached hydrogen (secondary N) is 1. The van der Waals surface area contributed by atoms with Crippen LogP contribution in [-0.4, -0.2) is 17.0 Å². The van der Waals surface area contributed by atoms with Gasteiger partial charge in [-0.1, -0.05) is 0 Å². The van der Waals surface area contributed by atoms with Gasteiger partial charge in [0.15, 0.2) is 0 Å². The molecule has 0 heterocycles. The minimum Gasteiger partial charge on any atom is -0.478 e. The molecule has 1 amide bonds. The highest BCUT2D eigenvalue weighted by Crippen LogP contribution is 2.28. The van der Waals surface area contributed by atoms with E-state index in [4.69, 9.17) is 0 Å². The van der Waals surface area contributed by atoms with Crippen LogP contribution in [0.1, 0.15) is 41.3 Å². The average Bonchev–Trinajstić information content (AvgIpc) is 2.27. The maximum atomic E-state index is 11.2. The molecule has 0 atom stereocenters. The summed E-state index contributed by atoms with van der Waals surface area (Å²) >= 11 is 0. The van der Waals surface area contributed by atoms with Gasteiger partial charge in [0.1, 0.15) is 0 Å². The van der Waals surface area contributed by atoms with Gasteiger partial charge in [-0.25, -0.2) is 4.79 Å². The molecule has 1 aliphatic rings. The smallest absolute Gasteiger partial charge is 0.336 e. The van der Waals surface area contributed by atoms with Crippen LogP contribution >= 0.6 is 0 Å². The van der Waals surface area contributed by atoms with Crippen LogP contribution in [0.2, 0.25) is 0 Å². The molecule has 1 aromatic rings. The number of aryl methyl sites for hydroxylation is 1. The molecule has 0 saturated carbocycles. The predicted octanol–water partition coefficient (Wildman–Crippen LogP) is 2.22. The monoisotopic (exact) mass is 233 g/mol. The summed E-state index contributed by atoms with van der Waals surface area (Å²) in [5.74, 6) is -1.10. The second-order valence-electron chi connectivity index (χ2n) is 4.35. The van der Waals surface area contributed by atoms with E-state index in [-0.39, 0.29) is 5.91 Å². The molecule has 0 radical (unpaired) electrons. The minimum atomic E-state index is -0.921. The molecular formula is C13H15NO3. The molecule has 90 valence electrons. The molecule has 4 nitrogen and oxygen atoms in total. The fourth-order valence-electron chi connectivity index (χ4n) is 2.33. The van der Waals surface area contributed by atoms with Crippen molar-refractivity contribution in [3.63, 3.8) is 0 Å². The SMILES string of the molecule is CC(=O)Nc1cc2c(c(C(=O)O)c1)CCCC2. The van der Waals surface area contributed by atoms with Crippen molar-refractivity contribution >= 4 is 17.6 Å². The van der Waals surface area contributed by atoms with Crippen LogP contribution in [0.25, 0.3) is 0 Å². The number of fused-ring (bicyclic) bond motifs is 1. The first-order valence-corrected chi connectivity index (χ1v) is 5.74. The number of carbonyl (C=O) groups is 2. The first-order chi connectivity index (χ1) is 8.08. The Morgan fingerprint density at radius 2 is 1.94 bits per heavy atom. The highest BCUT2D eigenvalue weighted by molar-refractivity contribution is 5.94. The van der Waals surface area contributed by atoms with Gasteiger partial charge >= 0.3 is 5.97 Å². The third kappa shape index (κ3) is 2.46. The van der Waals surface area contributed by atoms with Gasteiger partial charge in [-0.15, -0.1) is 0 Å². The molecule has 0 bridgehead atoms. The highest BCUT2D eigenvalue weighted by Gasteiger charge is 2.18. The predicted molar refractivity (Wildman–Crippen MR) is 64.3 cm³/mol. The number of carboxylic acid groups (broad SMARTS) is 1. The molecule has 0 aromatic heterocycles. The topological polar surface area (TPSA) is 66.4 Å². The van der Waals surface area contributed by atoms with Gasteiger partial charge in [-0.3, -0.25) is 4.79 Å². The van der Waals surface area contributed by atoms with Crippen molar-refractivity contribution in [2.24, 2.45) is 0 Å². The Labute approximate surface area is 99.6 Å². The summed E-state index contributed by atoms with van der Waals surface area (Å²) in [4.78, 5) is 22.2. The second kappa shape index (κ2) is 4.57. The highest BCUT2D eigenvalue weighted by atomic mass is 16.4. The standard InChI is InChI=1S/C13H15NO3/c1-8(15)14-10-6-9-4-2-3-5-11(9)12(7-10)13(16)17/h6-7H,2-5H2,1H3,(H,14,15)(H,16,17). The molecule has 0 aliphatic heterocycles. The van der Waals surface area contributed by atoms with E-state index in [1.807, 2.05) is 6.07 Å². The molecule has 1 aliphatic carbocycles. The molecular weight excluding hydrogens is 218 g/mol. The molecule has 1 aromatic carbocycles. The summed E-state index contributed by atoms with van der Waals surface area (Å²) in [6, 6.07) is 3.44. The van der Waals surface area contributed by atoms with Gasteiger partial charge in [-0.05, 0) is 48.9 Å². The first kappa shape index (κ1) is 11.6. The molecule has 2 rings (SSSR count). The molecule has 4 heteroatoms.